The molecule has 2 aromatic heterocycles. The first kappa shape index (κ1) is 21.9. The fraction of sp³-hybridized carbons (Fsp3) is 0.348. The number of hydrogen-bond donors (Lipinski definition) is 2. The maximum atomic E-state index is 14.1. The van der Waals surface area contributed by atoms with Crippen molar-refractivity contribution in [2.24, 2.45) is 0 Å². The lowest BCUT2D eigenvalue weighted by Gasteiger charge is -2.26. The average Bonchev–Trinajstić information content (AvgIpc) is 3.49. The van der Waals surface area contributed by atoms with Crippen LogP contribution in [0.15, 0.2) is 53.6 Å². The molecule has 7 nitrogen and oxygen atoms in total. The molecule has 1 aliphatic heterocycles. The summed E-state index contributed by atoms with van der Waals surface area (Å²) in [7, 11) is 0. The van der Waals surface area contributed by atoms with Crippen LogP contribution in [0.1, 0.15) is 18.4 Å². The zero-order valence-corrected chi connectivity index (χ0v) is 18.2. The Morgan fingerprint density at radius 1 is 1.27 bits per heavy atom. The summed E-state index contributed by atoms with van der Waals surface area (Å²) >= 11 is 5.93. The van der Waals surface area contributed by atoms with Gasteiger partial charge in [-0.3, -0.25) is 4.79 Å². The second-order valence-corrected chi connectivity index (χ2v) is 8.70. The normalized spacial score (nSPS) is 26.7. The molecule has 1 saturated carbocycles. The highest BCUT2D eigenvalue weighted by Crippen LogP contribution is 2.49. The first-order valence-corrected chi connectivity index (χ1v) is 10.9. The van der Waals surface area contributed by atoms with E-state index in [4.69, 9.17) is 16.3 Å². The van der Waals surface area contributed by atoms with Crippen LogP contribution in [0.4, 0.5) is 14.7 Å². The standard InChI is InChI=1S/C23H21ClF2N4O3/c24-15-10-14(1-2-16(15)25)23(11-20(23)31)30-7-4-13(9-21(30)32)18-3-6-27-22(28-18)29-19-5-8-33-12-17(19)26/h1-4,6-7,9-10,17,19-20,31H,5,8,11-12H2,(H,27,28,29)/t17-,19-,20?,23?/m1/s1. The second-order valence-electron chi connectivity index (χ2n) is 8.29. The van der Waals surface area contributed by atoms with Crippen molar-refractivity contribution in [2.45, 2.75) is 36.7 Å². The van der Waals surface area contributed by atoms with Crippen LogP contribution in [0.3, 0.4) is 0 Å². The van der Waals surface area contributed by atoms with E-state index in [0.29, 0.717) is 36.3 Å². The largest absolute Gasteiger partial charge is 0.390 e. The number of ether oxygens (including phenoxy) is 1. The van der Waals surface area contributed by atoms with Gasteiger partial charge in [-0.15, -0.1) is 0 Å². The Kier molecular flexibility index (Phi) is 5.64. The van der Waals surface area contributed by atoms with Crippen LogP contribution in [-0.2, 0) is 10.3 Å². The van der Waals surface area contributed by atoms with Gasteiger partial charge >= 0.3 is 0 Å². The number of rotatable bonds is 5. The van der Waals surface area contributed by atoms with Gasteiger partial charge in [0.1, 0.15) is 17.5 Å². The SMILES string of the molecule is O=c1cc(-c2ccnc(N[C@@H]3CCOC[C@H]3F)n2)ccn1C1(c2ccc(F)c(Cl)c2)CC1O. The van der Waals surface area contributed by atoms with E-state index in [2.05, 4.69) is 15.3 Å². The van der Waals surface area contributed by atoms with Gasteiger partial charge in [0.2, 0.25) is 5.95 Å². The molecule has 0 spiro atoms. The maximum Gasteiger partial charge on any atom is 0.252 e. The van der Waals surface area contributed by atoms with Crippen LogP contribution in [0.5, 0.6) is 0 Å². The van der Waals surface area contributed by atoms with E-state index in [0.717, 1.165) is 0 Å². The molecule has 1 aromatic carbocycles. The van der Waals surface area contributed by atoms with E-state index >= 15 is 0 Å². The predicted molar refractivity (Wildman–Crippen MR) is 119 cm³/mol. The van der Waals surface area contributed by atoms with Crippen LogP contribution in [0.25, 0.3) is 11.3 Å². The third-order valence-corrected chi connectivity index (χ3v) is 6.51. The molecule has 3 heterocycles. The lowest BCUT2D eigenvalue weighted by atomic mass is 10.0. The predicted octanol–water partition coefficient (Wildman–Crippen LogP) is 3.14. The Balaban J connectivity index is 1.44. The number of hydrogen-bond acceptors (Lipinski definition) is 6. The Labute approximate surface area is 193 Å². The summed E-state index contributed by atoms with van der Waals surface area (Å²) in [6, 6.07) is 8.51. The molecule has 10 heteroatoms. The number of nitrogens with one attached hydrogen (secondary N) is 1. The molecule has 5 rings (SSSR count). The Bertz CT molecular complexity index is 1260. The van der Waals surface area contributed by atoms with Crippen molar-refractivity contribution in [3.63, 3.8) is 0 Å². The zero-order chi connectivity index (χ0) is 23.2. The molecular formula is C23H21ClF2N4O3. The summed E-state index contributed by atoms with van der Waals surface area (Å²) in [5, 5.41) is 13.3. The van der Waals surface area contributed by atoms with E-state index < -0.39 is 29.7 Å². The van der Waals surface area contributed by atoms with E-state index in [1.165, 1.54) is 35.0 Å². The van der Waals surface area contributed by atoms with Gasteiger partial charge in [-0.05, 0) is 36.2 Å². The minimum absolute atomic E-state index is 0.0302. The fourth-order valence-electron chi connectivity index (χ4n) is 4.30. The number of aliphatic hydroxyl groups excluding tert-OH is 1. The molecule has 0 bridgehead atoms. The minimum Gasteiger partial charge on any atom is -0.390 e. The molecule has 3 aromatic rings. The summed E-state index contributed by atoms with van der Waals surface area (Å²) in [4.78, 5) is 21.6. The van der Waals surface area contributed by atoms with Crippen molar-refractivity contribution in [3.8, 4) is 11.3 Å². The van der Waals surface area contributed by atoms with Gasteiger partial charge in [-0.25, -0.2) is 18.7 Å². The van der Waals surface area contributed by atoms with E-state index in [1.807, 2.05) is 0 Å². The highest BCUT2D eigenvalue weighted by atomic mass is 35.5. The first-order valence-electron chi connectivity index (χ1n) is 10.6. The molecule has 2 unspecified atom stereocenters. The van der Waals surface area contributed by atoms with Crippen LogP contribution in [-0.4, -0.2) is 51.2 Å². The van der Waals surface area contributed by atoms with Crippen LogP contribution >= 0.6 is 11.6 Å². The van der Waals surface area contributed by atoms with Gasteiger partial charge in [0, 0.05) is 37.1 Å². The molecule has 172 valence electrons. The first-order chi connectivity index (χ1) is 15.9. The van der Waals surface area contributed by atoms with E-state index in [-0.39, 0.29) is 23.1 Å². The van der Waals surface area contributed by atoms with Crippen LogP contribution < -0.4 is 10.9 Å². The fourth-order valence-corrected chi connectivity index (χ4v) is 4.48. The third-order valence-electron chi connectivity index (χ3n) is 6.22. The summed E-state index contributed by atoms with van der Waals surface area (Å²) in [6.07, 6.45) is 1.97. The minimum atomic E-state index is -1.16. The van der Waals surface area contributed by atoms with Gasteiger partial charge in [0.25, 0.3) is 5.56 Å². The lowest BCUT2D eigenvalue weighted by Crippen LogP contribution is -2.39. The van der Waals surface area contributed by atoms with Crippen molar-refractivity contribution in [3.05, 3.63) is 75.5 Å². The Morgan fingerprint density at radius 2 is 2.09 bits per heavy atom. The average molecular weight is 475 g/mol. The number of aliphatic hydroxyl groups is 1. The number of aromatic nitrogens is 3. The molecule has 1 aliphatic carbocycles. The molecule has 2 aliphatic rings. The summed E-state index contributed by atoms with van der Waals surface area (Å²) in [5.74, 6) is -0.303. The number of alkyl halides is 1. The molecule has 1 saturated heterocycles. The Hall–Kier alpha value is -2.88. The number of nitrogens with zero attached hydrogens (tertiary/aromatic N) is 3. The van der Waals surface area contributed by atoms with Crippen LogP contribution in [0.2, 0.25) is 5.02 Å². The smallest absolute Gasteiger partial charge is 0.252 e. The highest BCUT2D eigenvalue weighted by Gasteiger charge is 2.57. The van der Waals surface area contributed by atoms with E-state index in [9.17, 15) is 18.7 Å². The zero-order valence-electron chi connectivity index (χ0n) is 17.4. The van der Waals surface area contributed by atoms with Crippen molar-refractivity contribution < 1.29 is 18.6 Å². The number of pyridine rings is 1. The topological polar surface area (TPSA) is 89.3 Å². The van der Waals surface area contributed by atoms with Gasteiger partial charge < -0.3 is 19.7 Å². The summed E-state index contributed by atoms with van der Waals surface area (Å²) in [6.45, 7) is 0.491. The molecule has 2 fully saturated rings. The lowest BCUT2D eigenvalue weighted by molar-refractivity contribution is 0.0284. The number of halogens is 3. The van der Waals surface area contributed by atoms with Crippen molar-refractivity contribution >= 4 is 17.5 Å². The Morgan fingerprint density at radius 3 is 2.79 bits per heavy atom. The summed E-state index contributed by atoms with van der Waals surface area (Å²) < 4.78 is 34.2. The second kappa shape index (κ2) is 8.48. The quantitative estimate of drug-likeness (QED) is 0.590. The molecular weight excluding hydrogens is 454 g/mol. The van der Waals surface area contributed by atoms with Gasteiger partial charge in [-0.1, -0.05) is 17.7 Å². The summed E-state index contributed by atoms with van der Waals surface area (Å²) in [5.41, 5.74) is 0.250. The highest BCUT2D eigenvalue weighted by molar-refractivity contribution is 6.30. The third kappa shape index (κ3) is 4.01. The van der Waals surface area contributed by atoms with Gasteiger partial charge in [0.05, 0.1) is 29.5 Å². The van der Waals surface area contributed by atoms with Crippen molar-refractivity contribution in [1.29, 1.82) is 0 Å². The molecule has 33 heavy (non-hydrogen) atoms. The molecule has 4 atom stereocenters. The molecule has 2 N–H and O–H groups in total. The maximum absolute atomic E-state index is 14.1. The molecule has 0 amide bonds. The van der Waals surface area contributed by atoms with E-state index in [1.54, 1.807) is 18.3 Å². The van der Waals surface area contributed by atoms with Crippen molar-refractivity contribution in [1.82, 2.24) is 14.5 Å². The monoisotopic (exact) mass is 474 g/mol. The van der Waals surface area contributed by atoms with Gasteiger partial charge in [0.15, 0.2) is 0 Å². The van der Waals surface area contributed by atoms with Gasteiger partial charge in [-0.2, -0.15) is 0 Å². The van der Waals surface area contributed by atoms with Crippen molar-refractivity contribution in [2.75, 3.05) is 18.5 Å². The number of anilines is 1. The molecule has 0 radical (unpaired) electrons. The number of benzene rings is 1. The van der Waals surface area contributed by atoms with Crippen LogP contribution in [0, 0.1) is 5.82 Å².